The summed E-state index contributed by atoms with van der Waals surface area (Å²) in [6.45, 7) is 3.07. The van der Waals surface area contributed by atoms with E-state index in [2.05, 4.69) is 20.2 Å². The van der Waals surface area contributed by atoms with Crippen LogP contribution < -0.4 is 19.7 Å². The number of carbonyl (C=O) groups is 1. The van der Waals surface area contributed by atoms with Gasteiger partial charge in [0.25, 0.3) is 5.97 Å². The van der Waals surface area contributed by atoms with Gasteiger partial charge >= 0.3 is 0 Å². The predicted molar refractivity (Wildman–Crippen MR) is 100 cm³/mol. The van der Waals surface area contributed by atoms with Crippen LogP contribution in [0.25, 0.3) is 10.9 Å². The first-order valence-corrected chi connectivity index (χ1v) is 8.48. The number of hydrogen-bond acceptors (Lipinski definition) is 7. The second-order valence-corrected chi connectivity index (χ2v) is 5.99. The molecule has 3 rings (SSSR count). The van der Waals surface area contributed by atoms with Crippen molar-refractivity contribution < 1.29 is 19.4 Å². The number of nitrogens with zero attached hydrogens (tertiary/aromatic N) is 3. The first-order valence-electron chi connectivity index (χ1n) is 8.48. The fourth-order valence-electron chi connectivity index (χ4n) is 3.00. The number of anilines is 1. The quantitative estimate of drug-likeness (QED) is 0.852. The third kappa shape index (κ3) is 4.72. The van der Waals surface area contributed by atoms with Crippen LogP contribution in [0.5, 0.6) is 11.5 Å². The number of carboxylic acids is 1. The minimum absolute atomic E-state index is 0.596. The van der Waals surface area contributed by atoms with Gasteiger partial charge < -0.3 is 24.8 Å². The van der Waals surface area contributed by atoms with Gasteiger partial charge in [0, 0.05) is 37.5 Å². The zero-order chi connectivity index (χ0) is 19.1. The lowest BCUT2D eigenvalue weighted by molar-refractivity contribution is -0.134. The molecule has 2 aromatic rings. The normalized spacial score (nSPS) is 14.5. The van der Waals surface area contributed by atoms with Gasteiger partial charge in [-0.3, -0.25) is 4.79 Å². The maximum Gasteiger partial charge on any atom is 0.300 e. The van der Waals surface area contributed by atoms with Gasteiger partial charge in [-0.15, -0.1) is 0 Å². The summed E-state index contributed by atoms with van der Waals surface area (Å²) in [4.78, 5) is 20.2. The van der Waals surface area contributed by atoms with Crippen LogP contribution in [-0.4, -0.2) is 61.4 Å². The van der Waals surface area contributed by atoms with Gasteiger partial charge in [-0.05, 0) is 26.0 Å². The average molecular weight is 362 g/mol. The zero-order valence-electron chi connectivity index (χ0n) is 15.7. The molecule has 142 valence electrons. The molecule has 1 fully saturated rings. The van der Waals surface area contributed by atoms with Crippen molar-refractivity contribution in [3.8, 4) is 11.5 Å². The third-order valence-corrected chi connectivity index (χ3v) is 4.32. The van der Waals surface area contributed by atoms with Crippen LogP contribution in [0.2, 0.25) is 0 Å². The smallest absolute Gasteiger partial charge is 0.300 e. The first-order chi connectivity index (χ1) is 12.5. The number of fused-ring (bicyclic) bond motifs is 1. The Morgan fingerprint density at radius 1 is 1.19 bits per heavy atom. The van der Waals surface area contributed by atoms with Crippen molar-refractivity contribution in [2.75, 3.05) is 39.3 Å². The highest BCUT2D eigenvalue weighted by molar-refractivity contribution is 5.92. The molecule has 2 N–H and O–H groups in total. The Kier molecular flexibility index (Phi) is 6.97. The molecule has 1 aliphatic rings. The number of aliphatic carboxylic acids is 1. The predicted octanol–water partition coefficient (Wildman–Crippen LogP) is 1.93. The molecule has 0 unspecified atom stereocenters. The minimum atomic E-state index is -0.833. The van der Waals surface area contributed by atoms with E-state index in [1.807, 2.05) is 19.2 Å². The Labute approximate surface area is 153 Å². The van der Waals surface area contributed by atoms with E-state index < -0.39 is 5.97 Å². The number of rotatable bonds is 4. The minimum Gasteiger partial charge on any atom is -0.493 e. The monoisotopic (exact) mass is 362 g/mol. The van der Waals surface area contributed by atoms with Crippen LogP contribution in [0.4, 0.5) is 5.82 Å². The number of aromatic nitrogens is 2. The number of carboxylic acid groups (broad SMARTS) is 1. The average Bonchev–Trinajstić information content (AvgIpc) is 2.66. The molecule has 0 radical (unpaired) electrons. The molecule has 2 heterocycles. The summed E-state index contributed by atoms with van der Waals surface area (Å²) in [6.07, 6.45) is 3.86. The van der Waals surface area contributed by atoms with E-state index in [0.717, 1.165) is 49.6 Å². The number of hydrogen-bond donors (Lipinski definition) is 2. The van der Waals surface area contributed by atoms with Crippen LogP contribution in [0, 0.1) is 0 Å². The number of piperidine rings is 1. The van der Waals surface area contributed by atoms with Gasteiger partial charge in [0.1, 0.15) is 12.1 Å². The molecule has 0 amide bonds. The fourth-order valence-corrected chi connectivity index (χ4v) is 3.00. The van der Waals surface area contributed by atoms with Crippen LogP contribution in [-0.2, 0) is 4.79 Å². The van der Waals surface area contributed by atoms with E-state index in [0.29, 0.717) is 17.5 Å². The molecule has 8 heteroatoms. The lowest BCUT2D eigenvalue weighted by Crippen LogP contribution is -2.41. The summed E-state index contributed by atoms with van der Waals surface area (Å²) in [5.74, 6) is 1.53. The van der Waals surface area contributed by atoms with E-state index in [1.54, 1.807) is 20.5 Å². The van der Waals surface area contributed by atoms with E-state index in [-0.39, 0.29) is 0 Å². The van der Waals surface area contributed by atoms with E-state index in [9.17, 15) is 0 Å². The molecule has 26 heavy (non-hydrogen) atoms. The van der Waals surface area contributed by atoms with Crippen molar-refractivity contribution in [3.63, 3.8) is 0 Å². The largest absolute Gasteiger partial charge is 0.493 e. The summed E-state index contributed by atoms with van der Waals surface area (Å²) < 4.78 is 10.8. The Morgan fingerprint density at radius 3 is 2.31 bits per heavy atom. The standard InChI is InChI=1S/C16H22N4O2.C2H4O2/c1-17-11-4-6-20(7-5-11)16-12-8-14(21-2)15(22-3)9-13(12)18-10-19-16;1-2(3)4/h8-11,17H,4-7H2,1-3H3;1H3,(H,3,4). The number of nitrogens with one attached hydrogen (secondary N) is 1. The Bertz CT molecular complexity index is 741. The maximum atomic E-state index is 9.00. The highest BCUT2D eigenvalue weighted by Crippen LogP contribution is 2.35. The zero-order valence-corrected chi connectivity index (χ0v) is 15.7. The Morgan fingerprint density at radius 2 is 1.77 bits per heavy atom. The van der Waals surface area contributed by atoms with Gasteiger partial charge in [0.2, 0.25) is 0 Å². The molecular weight excluding hydrogens is 336 g/mol. The molecule has 1 aromatic carbocycles. The SMILES string of the molecule is CC(=O)O.CNC1CCN(c2ncnc3cc(OC)c(OC)cc23)CC1. The fraction of sp³-hybridized carbons (Fsp3) is 0.500. The van der Waals surface area contributed by atoms with Crippen molar-refractivity contribution in [3.05, 3.63) is 18.5 Å². The van der Waals surface area contributed by atoms with E-state index in [1.165, 1.54) is 0 Å². The Balaban J connectivity index is 0.000000552. The summed E-state index contributed by atoms with van der Waals surface area (Å²) in [7, 11) is 5.30. The van der Waals surface area contributed by atoms with Crippen molar-refractivity contribution >= 4 is 22.7 Å². The lowest BCUT2D eigenvalue weighted by Gasteiger charge is -2.33. The van der Waals surface area contributed by atoms with Crippen LogP contribution in [0.1, 0.15) is 19.8 Å². The van der Waals surface area contributed by atoms with Crippen molar-refractivity contribution in [1.29, 1.82) is 0 Å². The molecule has 0 saturated carbocycles. The molecule has 0 aliphatic carbocycles. The van der Waals surface area contributed by atoms with E-state index >= 15 is 0 Å². The van der Waals surface area contributed by atoms with Gasteiger partial charge in [0.15, 0.2) is 11.5 Å². The maximum absolute atomic E-state index is 9.00. The highest BCUT2D eigenvalue weighted by atomic mass is 16.5. The molecule has 1 aliphatic heterocycles. The third-order valence-electron chi connectivity index (χ3n) is 4.32. The summed E-state index contributed by atoms with van der Waals surface area (Å²) in [5.41, 5.74) is 0.874. The van der Waals surface area contributed by atoms with Crippen LogP contribution in [0.3, 0.4) is 0 Å². The second kappa shape index (κ2) is 9.19. The first kappa shape index (κ1) is 19.7. The van der Waals surface area contributed by atoms with Crippen molar-refractivity contribution in [2.45, 2.75) is 25.8 Å². The number of benzene rings is 1. The Hall–Kier alpha value is -2.61. The number of ether oxygens (including phenoxy) is 2. The van der Waals surface area contributed by atoms with E-state index in [4.69, 9.17) is 19.4 Å². The van der Waals surface area contributed by atoms with Gasteiger partial charge in [-0.25, -0.2) is 9.97 Å². The van der Waals surface area contributed by atoms with Gasteiger partial charge in [0.05, 0.1) is 19.7 Å². The van der Waals surface area contributed by atoms with Crippen LogP contribution >= 0.6 is 0 Å². The summed E-state index contributed by atoms with van der Waals surface area (Å²) >= 11 is 0. The lowest BCUT2D eigenvalue weighted by atomic mass is 10.0. The summed E-state index contributed by atoms with van der Waals surface area (Å²) in [6, 6.07) is 4.46. The molecule has 1 aromatic heterocycles. The topological polar surface area (TPSA) is 96.8 Å². The highest BCUT2D eigenvalue weighted by Gasteiger charge is 2.21. The number of methoxy groups -OCH3 is 2. The van der Waals surface area contributed by atoms with Crippen LogP contribution in [0.15, 0.2) is 18.5 Å². The summed E-state index contributed by atoms with van der Waals surface area (Å²) in [5, 5.41) is 11.8. The molecule has 0 bridgehead atoms. The molecule has 0 atom stereocenters. The molecule has 1 saturated heterocycles. The van der Waals surface area contributed by atoms with Crippen molar-refractivity contribution in [1.82, 2.24) is 15.3 Å². The molecule has 8 nitrogen and oxygen atoms in total. The molecular formula is C18H26N4O4. The molecule has 0 spiro atoms. The second-order valence-electron chi connectivity index (χ2n) is 5.99. The van der Waals surface area contributed by atoms with Gasteiger partial charge in [-0.2, -0.15) is 0 Å². The van der Waals surface area contributed by atoms with Gasteiger partial charge in [-0.1, -0.05) is 0 Å². The van der Waals surface area contributed by atoms with Crippen molar-refractivity contribution in [2.24, 2.45) is 0 Å².